The molecule has 3 aromatic rings. The highest BCUT2D eigenvalue weighted by Gasteiger charge is 2.26. The van der Waals surface area contributed by atoms with Gasteiger partial charge >= 0.3 is 7.82 Å². The third-order valence-electron chi connectivity index (χ3n) is 4.66. The van der Waals surface area contributed by atoms with E-state index in [2.05, 4.69) is 10.4 Å². The molecule has 1 atom stereocenters. The molecular weight excluding hydrogens is 425 g/mol. The van der Waals surface area contributed by atoms with Gasteiger partial charge in [0.25, 0.3) is 0 Å². The van der Waals surface area contributed by atoms with Crippen LogP contribution in [0.3, 0.4) is 0 Å². The van der Waals surface area contributed by atoms with Gasteiger partial charge in [-0.1, -0.05) is 6.07 Å². The number of rotatable bonds is 8. The van der Waals surface area contributed by atoms with Gasteiger partial charge in [-0.3, -0.25) is 9.42 Å². The van der Waals surface area contributed by atoms with E-state index in [1.165, 1.54) is 18.6 Å². The fourth-order valence-electron chi connectivity index (χ4n) is 3.05. The molecule has 160 valence electrons. The van der Waals surface area contributed by atoms with E-state index in [0.29, 0.717) is 11.3 Å². The number of hydrogen-bond donors (Lipinski definition) is 1. The molecule has 0 radical (unpaired) electrons. The molecule has 0 spiro atoms. The van der Waals surface area contributed by atoms with E-state index in [1.54, 1.807) is 38.4 Å². The molecule has 0 bridgehead atoms. The number of ether oxygens (including phenoxy) is 2. The van der Waals surface area contributed by atoms with E-state index in [0.717, 1.165) is 32.9 Å². The van der Waals surface area contributed by atoms with Crippen LogP contribution in [0.4, 0.5) is 0 Å². The van der Waals surface area contributed by atoms with Gasteiger partial charge in [0.2, 0.25) is 0 Å². The molecule has 1 N–H and O–H groups in total. The first-order valence-corrected chi connectivity index (χ1v) is 11.5. The summed E-state index contributed by atoms with van der Waals surface area (Å²) in [5.41, 5.74) is 4.46. The molecule has 9 heteroatoms. The number of phosphoric ester groups is 1. The predicted molar refractivity (Wildman–Crippen MR) is 118 cm³/mol. The molecule has 1 unspecified atom stereocenters. The number of aryl methyl sites for hydroxylation is 1. The van der Waals surface area contributed by atoms with Crippen LogP contribution < -0.4 is 14.0 Å². The van der Waals surface area contributed by atoms with E-state index < -0.39 is 7.82 Å². The number of aromatic nitrogens is 1. The Hall–Kier alpha value is -2.38. The second-order valence-corrected chi connectivity index (χ2v) is 8.71. The standard InChI is InChI=1S/C21H24NO6PS/c1-6-27-29(23,24)28-20-11-16(25-4)7-8-17(20)18-12-22-30-21(18)15-9-13(2)14(3)19(10-15)26-5/h7-12H,6H2,1-5H3,(H,23,24). The molecular formula is C21H24NO6PS. The molecule has 0 saturated carbocycles. The van der Waals surface area contributed by atoms with Crippen LogP contribution in [-0.2, 0) is 9.09 Å². The van der Waals surface area contributed by atoms with Crippen molar-refractivity contribution < 1.29 is 28.0 Å². The normalized spacial score (nSPS) is 13.0. The van der Waals surface area contributed by atoms with Crippen LogP contribution in [-0.4, -0.2) is 30.1 Å². The van der Waals surface area contributed by atoms with Gasteiger partial charge in [-0.25, -0.2) is 4.57 Å². The highest BCUT2D eigenvalue weighted by Crippen LogP contribution is 2.49. The minimum Gasteiger partial charge on any atom is -0.497 e. The third kappa shape index (κ3) is 4.68. The molecule has 0 fully saturated rings. The molecule has 2 aromatic carbocycles. The van der Waals surface area contributed by atoms with Crippen molar-refractivity contribution in [1.82, 2.24) is 4.37 Å². The zero-order chi connectivity index (χ0) is 21.9. The first kappa shape index (κ1) is 22.3. The van der Waals surface area contributed by atoms with E-state index >= 15 is 0 Å². The van der Waals surface area contributed by atoms with Gasteiger partial charge in [-0.05, 0) is 67.2 Å². The lowest BCUT2D eigenvalue weighted by Crippen LogP contribution is -1.99. The number of phosphoric acid groups is 1. The van der Waals surface area contributed by atoms with Crippen LogP contribution in [0.15, 0.2) is 36.5 Å². The highest BCUT2D eigenvalue weighted by atomic mass is 32.1. The monoisotopic (exact) mass is 449 g/mol. The Morgan fingerprint density at radius 3 is 2.50 bits per heavy atom. The largest absolute Gasteiger partial charge is 0.527 e. The Morgan fingerprint density at radius 2 is 1.83 bits per heavy atom. The number of methoxy groups -OCH3 is 2. The number of benzene rings is 2. The van der Waals surface area contributed by atoms with E-state index in [9.17, 15) is 9.46 Å². The Labute approximate surface area is 180 Å². The van der Waals surface area contributed by atoms with Crippen LogP contribution in [0, 0.1) is 13.8 Å². The molecule has 1 aromatic heterocycles. The maximum Gasteiger partial charge on any atom is 0.527 e. The average molecular weight is 449 g/mol. The minimum atomic E-state index is -4.28. The Bertz CT molecular complexity index is 1100. The van der Waals surface area contributed by atoms with Gasteiger partial charge in [0.1, 0.15) is 17.2 Å². The summed E-state index contributed by atoms with van der Waals surface area (Å²) in [7, 11) is -1.13. The Balaban J connectivity index is 2.14. The van der Waals surface area contributed by atoms with Crippen molar-refractivity contribution in [2.45, 2.75) is 20.8 Å². The zero-order valence-corrected chi connectivity index (χ0v) is 19.2. The summed E-state index contributed by atoms with van der Waals surface area (Å²) in [5.74, 6) is 1.44. The summed E-state index contributed by atoms with van der Waals surface area (Å²) in [4.78, 5) is 10.9. The van der Waals surface area contributed by atoms with E-state index in [1.807, 2.05) is 19.9 Å². The van der Waals surface area contributed by atoms with Gasteiger partial charge in [0.15, 0.2) is 0 Å². The Morgan fingerprint density at radius 1 is 1.07 bits per heavy atom. The van der Waals surface area contributed by atoms with Crippen LogP contribution >= 0.6 is 19.4 Å². The van der Waals surface area contributed by atoms with Crippen LogP contribution in [0.5, 0.6) is 17.2 Å². The van der Waals surface area contributed by atoms with Crippen molar-refractivity contribution in [3.8, 4) is 38.8 Å². The molecule has 0 amide bonds. The highest BCUT2D eigenvalue weighted by molar-refractivity contribution is 7.47. The predicted octanol–water partition coefficient (Wildman–Crippen LogP) is 5.63. The lowest BCUT2D eigenvalue weighted by molar-refractivity contribution is 0.213. The summed E-state index contributed by atoms with van der Waals surface area (Å²) in [6, 6.07) is 9.11. The van der Waals surface area contributed by atoms with Gasteiger partial charge in [-0.2, -0.15) is 4.37 Å². The lowest BCUT2D eigenvalue weighted by atomic mass is 9.99. The molecule has 1 heterocycles. The topological polar surface area (TPSA) is 87.1 Å². The van der Waals surface area contributed by atoms with Gasteiger partial charge in [0, 0.05) is 23.4 Å². The van der Waals surface area contributed by atoms with Crippen molar-refractivity contribution in [2.75, 3.05) is 20.8 Å². The lowest BCUT2D eigenvalue weighted by Gasteiger charge is -2.16. The molecule has 30 heavy (non-hydrogen) atoms. The fourth-order valence-corrected chi connectivity index (χ4v) is 4.58. The van der Waals surface area contributed by atoms with Crippen molar-refractivity contribution in [3.63, 3.8) is 0 Å². The zero-order valence-electron chi connectivity index (χ0n) is 17.5. The first-order chi connectivity index (χ1) is 14.3. The van der Waals surface area contributed by atoms with Crippen LogP contribution in [0.2, 0.25) is 0 Å². The van der Waals surface area contributed by atoms with Crippen molar-refractivity contribution >= 4 is 19.4 Å². The minimum absolute atomic E-state index is 0.0424. The van der Waals surface area contributed by atoms with Gasteiger partial charge in [-0.15, -0.1) is 0 Å². The summed E-state index contributed by atoms with van der Waals surface area (Å²) in [6.07, 6.45) is 1.71. The summed E-state index contributed by atoms with van der Waals surface area (Å²) < 4.78 is 37.6. The number of nitrogens with zero attached hydrogens (tertiary/aromatic N) is 1. The molecule has 0 aliphatic carbocycles. The smallest absolute Gasteiger partial charge is 0.497 e. The van der Waals surface area contributed by atoms with Crippen LogP contribution in [0.25, 0.3) is 21.6 Å². The molecule has 7 nitrogen and oxygen atoms in total. The number of hydrogen-bond acceptors (Lipinski definition) is 7. The molecule has 0 saturated heterocycles. The third-order valence-corrected chi connectivity index (χ3v) is 6.52. The summed E-state index contributed by atoms with van der Waals surface area (Å²) >= 11 is 1.32. The average Bonchev–Trinajstić information content (AvgIpc) is 3.19. The van der Waals surface area contributed by atoms with Gasteiger partial charge in [0.05, 0.1) is 25.7 Å². The SMILES string of the molecule is CCOP(=O)(O)Oc1cc(OC)ccc1-c1cnsc1-c1cc(C)c(C)c(OC)c1. The quantitative estimate of drug-likeness (QED) is 0.446. The molecule has 3 rings (SSSR count). The van der Waals surface area contributed by atoms with Gasteiger partial charge < -0.3 is 14.0 Å². The fraction of sp³-hybridized carbons (Fsp3) is 0.286. The van der Waals surface area contributed by atoms with Crippen molar-refractivity contribution in [2.24, 2.45) is 0 Å². The second kappa shape index (κ2) is 9.18. The Kier molecular flexibility index (Phi) is 6.83. The summed E-state index contributed by atoms with van der Waals surface area (Å²) in [5, 5.41) is 0. The van der Waals surface area contributed by atoms with E-state index in [-0.39, 0.29) is 12.4 Å². The maximum atomic E-state index is 12.3. The second-order valence-electron chi connectivity index (χ2n) is 6.53. The van der Waals surface area contributed by atoms with Crippen molar-refractivity contribution in [3.05, 3.63) is 47.7 Å². The molecule has 0 aliphatic heterocycles. The molecule has 0 aliphatic rings. The van der Waals surface area contributed by atoms with Crippen molar-refractivity contribution in [1.29, 1.82) is 0 Å². The first-order valence-electron chi connectivity index (χ1n) is 9.25. The summed E-state index contributed by atoms with van der Waals surface area (Å²) in [6.45, 7) is 5.69. The van der Waals surface area contributed by atoms with E-state index in [4.69, 9.17) is 18.5 Å². The van der Waals surface area contributed by atoms with Crippen LogP contribution in [0.1, 0.15) is 18.1 Å². The maximum absolute atomic E-state index is 12.3.